The van der Waals surface area contributed by atoms with E-state index in [1.807, 2.05) is 13.0 Å². The number of aliphatic hydroxyl groups is 1. The van der Waals surface area contributed by atoms with Crippen LogP contribution in [0.3, 0.4) is 0 Å². The largest absolute Gasteiger partial charge is 0.480 e. The van der Waals surface area contributed by atoms with Crippen molar-refractivity contribution in [1.82, 2.24) is 15.5 Å². The molecule has 0 aromatic heterocycles. The van der Waals surface area contributed by atoms with Crippen molar-refractivity contribution in [3.05, 3.63) is 35.9 Å². The van der Waals surface area contributed by atoms with E-state index in [1.54, 1.807) is 31.2 Å². The van der Waals surface area contributed by atoms with E-state index >= 15 is 0 Å². The molecule has 1 aromatic rings. The summed E-state index contributed by atoms with van der Waals surface area (Å²) in [5.41, 5.74) is 6.38. The zero-order valence-electron chi connectivity index (χ0n) is 19.1. The number of aliphatic hydroxyl groups excluding tert-OH is 1. The third kappa shape index (κ3) is 7.00. The van der Waals surface area contributed by atoms with Crippen molar-refractivity contribution in [2.75, 3.05) is 13.2 Å². The summed E-state index contributed by atoms with van der Waals surface area (Å²) in [7, 11) is 0. The summed E-state index contributed by atoms with van der Waals surface area (Å²) in [5.74, 6) is -3.04. The van der Waals surface area contributed by atoms with Gasteiger partial charge in [-0.25, -0.2) is 4.79 Å². The number of rotatable bonds is 11. The normalized spacial score (nSPS) is 19.3. The molecular formula is C23H34N4O6. The van der Waals surface area contributed by atoms with Gasteiger partial charge in [0.05, 0.1) is 6.61 Å². The summed E-state index contributed by atoms with van der Waals surface area (Å²) in [6, 6.07) is 4.95. The van der Waals surface area contributed by atoms with E-state index in [0.29, 0.717) is 25.8 Å². The molecule has 33 heavy (non-hydrogen) atoms. The monoisotopic (exact) mass is 462 g/mol. The molecule has 5 atom stereocenters. The van der Waals surface area contributed by atoms with Gasteiger partial charge in [0, 0.05) is 13.0 Å². The molecule has 10 heteroatoms. The summed E-state index contributed by atoms with van der Waals surface area (Å²) >= 11 is 0. The summed E-state index contributed by atoms with van der Waals surface area (Å²) in [6.07, 6.45) is 1.68. The van der Waals surface area contributed by atoms with E-state index in [0.717, 1.165) is 5.56 Å². The van der Waals surface area contributed by atoms with Crippen molar-refractivity contribution in [3.8, 4) is 0 Å². The van der Waals surface area contributed by atoms with Gasteiger partial charge in [-0.15, -0.1) is 0 Å². The lowest BCUT2D eigenvalue weighted by atomic mass is 9.96. The maximum Gasteiger partial charge on any atom is 0.326 e. The first-order chi connectivity index (χ1) is 15.7. The Morgan fingerprint density at radius 1 is 1.15 bits per heavy atom. The van der Waals surface area contributed by atoms with Crippen LogP contribution in [0.2, 0.25) is 0 Å². The third-order valence-electron chi connectivity index (χ3n) is 6.05. The number of hydrogen-bond acceptors (Lipinski definition) is 6. The average molecular weight is 463 g/mol. The molecule has 0 aliphatic carbocycles. The number of nitrogens with zero attached hydrogens (tertiary/aromatic N) is 1. The maximum absolute atomic E-state index is 13.3. The molecule has 0 spiro atoms. The van der Waals surface area contributed by atoms with Gasteiger partial charge >= 0.3 is 5.97 Å². The highest BCUT2D eigenvalue weighted by molar-refractivity contribution is 5.94. The predicted octanol–water partition coefficient (Wildman–Crippen LogP) is -0.360. The molecule has 1 fully saturated rings. The molecule has 0 saturated carbocycles. The third-order valence-corrected chi connectivity index (χ3v) is 6.05. The molecule has 1 aliphatic heterocycles. The van der Waals surface area contributed by atoms with Crippen LogP contribution in [0.1, 0.15) is 38.7 Å². The number of carbonyl (C=O) groups is 4. The molecule has 0 bridgehead atoms. The minimum Gasteiger partial charge on any atom is -0.480 e. The first kappa shape index (κ1) is 26.3. The molecule has 3 amide bonds. The summed E-state index contributed by atoms with van der Waals surface area (Å²) in [5, 5.41) is 23.9. The summed E-state index contributed by atoms with van der Waals surface area (Å²) < 4.78 is 0. The van der Waals surface area contributed by atoms with E-state index in [1.165, 1.54) is 4.90 Å². The van der Waals surface area contributed by atoms with Crippen LogP contribution in [0.5, 0.6) is 0 Å². The number of nitrogens with one attached hydrogen (secondary N) is 2. The second-order valence-corrected chi connectivity index (χ2v) is 8.44. The fourth-order valence-corrected chi connectivity index (χ4v) is 3.82. The topological polar surface area (TPSA) is 162 Å². The zero-order valence-corrected chi connectivity index (χ0v) is 19.1. The van der Waals surface area contributed by atoms with Crippen LogP contribution in [0.15, 0.2) is 30.3 Å². The van der Waals surface area contributed by atoms with Crippen LogP contribution in [0, 0.1) is 5.92 Å². The van der Waals surface area contributed by atoms with Crippen molar-refractivity contribution >= 4 is 23.7 Å². The van der Waals surface area contributed by atoms with Crippen LogP contribution in [-0.2, 0) is 25.6 Å². The highest BCUT2D eigenvalue weighted by atomic mass is 16.4. The Bertz CT molecular complexity index is 834. The number of nitrogens with two attached hydrogens (primary N) is 1. The fourth-order valence-electron chi connectivity index (χ4n) is 3.82. The van der Waals surface area contributed by atoms with Crippen LogP contribution < -0.4 is 16.4 Å². The highest BCUT2D eigenvalue weighted by Crippen LogP contribution is 2.21. The van der Waals surface area contributed by atoms with Crippen molar-refractivity contribution in [3.63, 3.8) is 0 Å². The number of likely N-dealkylation sites (tertiary alicyclic amines) is 1. The molecule has 1 heterocycles. The van der Waals surface area contributed by atoms with Gasteiger partial charge in [0.15, 0.2) is 0 Å². The first-order valence-corrected chi connectivity index (χ1v) is 11.2. The van der Waals surface area contributed by atoms with E-state index in [-0.39, 0.29) is 12.3 Å². The SMILES string of the molecule is CCC(C)C(NC(=O)C(Cc1ccccc1)NC(=O)C(N)CO)C(=O)N1CCCC1C(=O)O. The van der Waals surface area contributed by atoms with Gasteiger partial charge in [0.2, 0.25) is 17.7 Å². The van der Waals surface area contributed by atoms with Gasteiger partial charge < -0.3 is 31.5 Å². The molecule has 10 nitrogen and oxygen atoms in total. The number of benzene rings is 1. The van der Waals surface area contributed by atoms with Gasteiger partial charge in [-0.05, 0) is 24.3 Å². The Kier molecular flexibility index (Phi) is 9.80. The summed E-state index contributed by atoms with van der Waals surface area (Å²) in [4.78, 5) is 51.7. The quantitative estimate of drug-likeness (QED) is 0.300. The Hall–Kier alpha value is -2.98. The number of carboxylic acid groups (broad SMARTS) is 1. The molecule has 1 aromatic carbocycles. The Morgan fingerprint density at radius 2 is 1.82 bits per heavy atom. The van der Waals surface area contributed by atoms with Crippen LogP contribution in [0.25, 0.3) is 0 Å². The van der Waals surface area contributed by atoms with E-state index in [4.69, 9.17) is 5.73 Å². The van der Waals surface area contributed by atoms with Crippen molar-refractivity contribution in [2.24, 2.45) is 11.7 Å². The molecule has 182 valence electrons. The Labute approximate surface area is 193 Å². The minimum atomic E-state index is -1.19. The molecular weight excluding hydrogens is 428 g/mol. The van der Waals surface area contributed by atoms with Crippen LogP contribution in [-0.4, -0.2) is 76.1 Å². The molecule has 2 rings (SSSR count). The standard InChI is InChI=1S/C23H34N4O6/c1-3-14(2)19(22(31)27-11-7-10-18(27)23(32)33)26-21(30)17(25-20(29)16(24)13-28)12-15-8-5-4-6-9-15/h4-6,8-9,14,16-19,28H,3,7,10-13,24H2,1-2H3,(H,25,29)(H,26,30)(H,32,33). The maximum atomic E-state index is 13.3. The lowest BCUT2D eigenvalue weighted by Gasteiger charge is -2.31. The number of carboxylic acids is 1. The van der Waals surface area contributed by atoms with Crippen molar-refractivity contribution in [1.29, 1.82) is 0 Å². The minimum absolute atomic E-state index is 0.152. The second kappa shape index (κ2) is 12.3. The Morgan fingerprint density at radius 3 is 2.39 bits per heavy atom. The number of amides is 3. The molecule has 1 aliphatic rings. The van der Waals surface area contributed by atoms with Crippen LogP contribution >= 0.6 is 0 Å². The fraction of sp³-hybridized carbons (Fsp3) is 0.565. The Balaban J connectivity index is 2.24. The highest BCUT2D eigenvalue weighted by Gasteiger charge is 2.40. The molecule has 5 unspecified atom stereocenters. The van der Waals surface area contributed by atoms with E-state index in [9.17, 15) is 29.4 Å². The van der Waals surface area contributed by atoms with Gasteiger partial charge in [0.25, 0.3) is 0 Å². The summed E-state index contributed by atoms with van der Waals surface area (Å²) in [6.45, 7) is 3.42. The van der Waals surface area contributed by atoms with Crippen LogP contribution in [0.4, 0.5) is 0 Å². The van der Waals surface area contributed by atoms with Gasteiger partial charge in [-0.3, -0.25) is 14.4 Å². The smallest absolute Gasteiger partial charge is 0.326 e. The zero-order chi connectivity index (χ0) is 24.5. The lowest BCUT2D eigenvalue weighted by Crippen LogP contribution is -2.59. The lowest BCUT2D eigenvalue weighted by molar-refractivity contribution is -0.150. The molecule has 1 saturated heterocycles. The number of hydrogen-bond donors (Lipinski definition) is 5. The molecule has 6 N–H and O–H groups in total. The predicted molar refractivity (Wildman–Crippen MR) is 121 cm³/mol. The van der Waals surface area contributed by atoms with Crippen molar-refractivity contribution < 1.29 is 29.4 Å². The average Bonchev–Trinajstić information content (AvgIpc) is 3.31. The van der Waals surface area contributed by atoms with Gasteiger partial charge in [-0.1, -0.05) is 50.6 Å². The second-order valence-electron chi connectivity index (χ2n) is 8.44. The van der Waals surface area contributed by atoms with Gasteiger partial charge in [-0.2, -0.15) is 0 Å². The number of carbonyl (C=O) groups excluding carboxylic acids is 3. The first-order valence-electron chi connectivity index (χ1n) is 11.2. The van der Waals surface area contributed by atoms with E-state index < -0.39 is 54.5 Å². The molecule has 0 radical (unpaired) electrons. The van der Waals surface area contributed by atoms with E-state index in [2.05, 4.69) is 10.6 Å². The van der Waals surface area contributed by atoms with Gasteiger partial charge in [0.1, 0.15) is 24.2 Å². The number of aliphatic carboxylic acids is 1. The van der Waals surface area contributed by atoms with Crippen molar-refractivity contribution in [2.45, 2.75) is 63.7 Å².